The molecule has 0 radical (unpaired) electrons. The first kappa shape index (κ1) is 12.9. The Kier molecular flexibility index (Phi) is 4.86. The fourth-order valence-electron chi connectivity index (χ4n) is 2.82. The zero-order chi connectivity index (χ0) is 12.1. The molecule has 1 aliphatic carbocycles. The molecule has 0 saturated heterocycles. The van der Waals surface area contributed by atoms with Crippen molar-refractivity contribution in [2.24, 2.45) is 11.8 Å². The standard InChI is InChI=1S/C14H24N2S/c1-11-3-2-4-12(9-11)5-7-16-10-14-13(15)6-8-17-14/h6,8,11-12,16H,2-5,7,9-10,15H2,1H3. The normalized spacial score (nSPS) is 25.0. The van der Waals surface area contributed by atoms with Gasteiger partial charge >= 0.3 is 0 Å². The summed E-state index contributed by atoms with van der Waals surface area (Å²) in [5.74, 6) is 1.90. The molecule has 17 heavy (non-hydrogen) atoms. The smallest absolute Gasteiger partial charge is 0.0468 e. The van der Waals surface area contributed by atoms with Crippen molar-refractivity contribution < 1.29 is 0 Å². The molecule has 1 aliphatic rings. The van der Waals surface area contributed by atoms with Gasteiger partial charge in [0, 0.05) is 17.1 Å². The molecule has 2 atom stereocenters. The Hall–Kier alpha value is -0.540. The van der Waals surface area contributed by atoms with E-state index in [9.17, 15) is 0 Å². The molecule has 3 heteroatoms. The number of nitrogens with one attached hydrogen (secondary N) is 1. The molecule has 1 aromatic rings. The molecule has 3 N–H and O–H groups in total. The summed E-state index contributed by atoms with van der Waals surface area (Å²) in [6, 6.07) is 1.99. The van der Waals surface area contributed by atoms with Crippen LogP contribution in [0.25, 0.3) is 0 Å². The van der Waals surface area contributed by atoms with E-state index in [1.807, 2.05) is 6.07 Å². The van der Waals surface area contributed by atoms with E-state index < -0.39 is 0 Å². The largest absolute Gasteiger partial charge is 0.398 e. The number of hydrogen-bond donors (Lipinski definition) is 2. The molecule has 96 valence electrons. The summed E-state index contributed by atoms with van der Waals surface area (Å²) in [6.07, 6.45) is 7.07. The number of nitrogen functional groups attached to an aromatic ring is 1. The Morgan fingerprint density at radius 1 is 1.47 bits per heavy atom. The molecule has 0 amide bonds. The van der Waals surface area contributed by atoms with Crippen molar-refractivity contribution in [3.05, 3.63) is 16.3 Å². The Morgan fingerprint density at radius 2 is 2.35 bits per heavy atom. The van der Waals surface area contributed by atoms with Gasteiger partial charge in [0.2, 0.25) is 0 Å². The van der Waals surface area contributed by atoms with Crippen molar-refractivity contribution in [3.8, 4) is 0 Å². The van der Waals surface area contributed by atoms with Crippen LogP contribution in [0.3, 0.4) is 0 Å². The lowest BCUT2D eigenvalue weighted by atomic mass is 9.81. The molecule has 1 heterocycles. The van der Waals surface area contributed by atoms with Crippen LogP contribution in [0.2, 0.25) is 0 Å². The van der Waals surface area contributed by atoms with Crippen LogP contribution in [0.1, 0.15) is 43.9 Å². The van der Waals surface area contributed by atoms with Gasteiger partial charge in [-0.3, -0.25) is 0 Å². The molecule has 1 saturated carbocycles. The zero-order valence-electron chi connectivity index (χ0n) is 10.7. The second kappa shape index (κ2) is 6.41. The van der Waals surface area contributed by atoms with E-state index in [0.29, 0.717) is 0 Å². The van der Waals surface area contributed by atoms with Crippen LogP contribution in [0.15, 0.2) is 11.4 Å². The van der Waals surface area contributed by atoms with Gasteiger partial charge in [-0.2, -0.15) is 0 Å². The molecule has 1 fully saturated rings. The average molecular weight is 252 g/mol. The van der Waals surface area contributed by atoms with Gasteiger partial charge in [0.1, 0.15) is 0 Å². The van der Waals surface area contributed by atoms with Crippen molar-refractivity contribution >= 4 is 17.0 Å². The molecule has 0 aromatic carbocycles. The maximum atomic E-state index is 5.85. The van der Waals surface area contributed by atoms with Gasteiger partial charge in [-0.25, -0.2) is 0 Å². The Labute approximate surface area is 109 Å². The molecule has 0 bridgehead atoms. The number of nitrogens with two attached hydrogens (primary N) is 1. The second-order valence-corrected chi connectivity index (χ2v) is 6.40. The predicted octanol–water partition coefficient (Wildman–Crippen LogP) is 3.64. The van der Waals surface area contributed by atoms with Gasteiger partial charge in [0.25, 0.3) is 0 Å². The summed E-state index contributed by atoms with van der Waals surface area (Å²) < 4.78 is 0. The summed E-state index contributed by atoms with van der Waals surface area (Å²) in [6.45, 7) is 4.46. The third-order valence-electron chi connectivity index (χ3n) is 3.84. The lowest BCUT2D eigenvalue weighted by molar-refractivity contribution is 0.267. The summed E-state index contributed by atoms with van der Waals surface area (Å²) in [5.41, 5.74) is 6.79. The predicted molar refractivity (Wildman–Crippen MR) is 76.2 cm³/mol. The van der Waals surface area contributed by atoms with E-state index in [2.05, 4.69) is 17.6 Å². The minimum Gasteiger partial charge on any atom is -0.398 e. The van der Waals surface area contributed by atoms with E-state index in [-0.39, 0.29) is 0 Å². The van der Waals surface area contributed by atoms with Gasteiger partial charge in [-0.1, -0.05) is 26.2 Å². The highest BCUT2D eigenvalue weighted by Crippen LogP contribution is 2.30. The van der Waals surface area contributed by atoms with Crippen LogP contribution in [-0.4, -0.2) is 6.54 Å². The van der Waals surface area contributed by atoms with Crippen molar-refractivity contribution in [3.63, 3.8) is 0 Å². The van der Waals surface area contributed by atoms with E-state index in [1.165, 1.54) is 37.0 Å². The SMILES string of the molecule is CC1CCCC(CCNCc2sccc2N)C1. The third-order valence-corrected chi connectivity index (χ3v) is 4.78. The van der Waals surface area contributed by atoms with Crippen molar-refractivity contribution in [2.75, 3.05) is 12.3 Å². The quantitative estimate of drug-likeness (QED) is 0.785. The van der Waals surface area contributed by atoms with E-state index in [1.54, 1.807) is 11.3 Å². The molecule has 2 unspecified atom stereocenters. The highest BCUT2D eigenvalue weighted by molar-refractivity contribution is 7.10. The topological polar surface area (TPSA) is 38.0 Å². The Bertz CT molecular complexity index is 335. The highest BCUT2D eigenvalue weighted by atomic mass is 32.1. The lowest BCUT2D eigenvalue weighted by Gasteiger charge is -2.26. The maximum Gasteiger partial charge on any atom is 0.0468 e. The van der Waals surface area contributed by atoms with Crippen LogP contribution >= 0.6 is 11.3 Å². The fourth-order valence-corrected chi connectivity index (χ4v) is 3.59. The van der Waals surface area contributed by atoms with Crippen LogP contribution in [-0.2, 0) is 6.54 Å². The van der Waals surface area contributed by atoms with Gasteiger partial charge in [-0.15, -0.1) is 11.3 Å². The van der Waals surface area contributed by atoms with Gasteiger partial charge in [0.05, 0.1) is 0 Å². The molecule has 2 nitrogen and oxygen atoms in total. The lowest BCUT2D eigenvalue weighted by Crippen LogP contribution is -2.21. The fraction of sp³-hybridized carbons (Fsp3) is 0.714. The van der Waals surface area contributed by atoms with Crippen molar-refractivity contribution in [2.45, 2.75) is 45.6 Å². The van der Waals surface area contributed by atoms with Crippen LogP contribution in [0.5, 0.6) is 0 Å². The summed E-state index contributed by atoms with van der Waals surface area (Å²) in [4.78, 5) is 1.28. The number of thiophene rings is 1. The molecule has 0 aliphatic heterocycles. The zero-order valence-corrected chi connectivity index (χ0v) is 11.6. The monoisotopic (exact) mass is 252 g/mol. The highest BCUT2D eigenvalue weighted by Gasteiger charge is 2.18. The van der Waals surface area contributed by atoms with E-state index in [4.69, 9.17) is 5.73 Å². The van der Waals surface area contributed by atoms with Crippen molar-refractivity contribution in [1.29, 1.82) is 0 Å². The third kappa shape index (κ3) is 4.00. The van der Waals surface area contributed by atoms with Crippen LogP contribution < -0.4 is 11.1 Å². The summed E-state index contributed by atoms with van der Waals surface area (Å²) in [7, 11) is 0. The average Bonchev–Trinajstić information content (AvgIpc) is 2.71. The van der Waals surface area contributed by atoms with Crippen molar-refractivity contribution in [1.82, 2.24) is 5.32 Å². The molecule has 2 rings (SSSR count). The van der Waals surface area contributed by atoms with Crippen LogP contribution in [0, 0.1) is 11.8 Å². The summed E-state index contributed by atoms with van der Waals surface area (Å²) >= 11 is 1.75. The number of hydrogen-bond acceptors (Lipinski definition) is 3. The Morgan fingerprint density at radius 3 is 3.06 bits per heavy atom. The first-order chi connectivity index (χ1) is 8.25. The minimum atomic E-state index is 0.936. The molecule has 1 aromatic heterocycles. The Balaban J connectivity index is 1.61. The number of rotatable bonds is 5. The summed E-state index contributed by atoms with van der Waals surface area (Å²) in [5, 5.41) is 5.59. The second-order valence-electron chi connectivity index (χ2n) is 5.40. The van der Waals surface area contributed by atoms with Gasteiger partial charge in [-0.05, 0) is 42.7 Å². The molecular weight excluding hydrogens is 228 g/mol. The minimum absolute atomic E-state index is 0.936. The first-order valence-corrected chi connectivity index (χ1v) is 7.66. The molecular formula is C14H24N2S. The van der Waals surface area contributed by atoms with Gasteiger partial charge in [0.15, 0.2) is 0 Å². The maximum absolute atomic E-state index is 5.85. The van der Waals surface area contributed by atoms with Gasteiger partial charge < -0.3 is 11.1 Å². The first-order valence-electron chi connectivity index (χ1n) is 6.78. The van der Waals surface area contributed by atoms with Crippen LogP contribution in [0.4, 0.5) is 5.69 Å². The molecule has 0 spiro atoms. The number of anilines is 1. The van der Waals surface area contributed by atoms with E-state index >= 15 is 0 Å². The van der Waals surface area contributed by atoms with E-state index in [0.717, 1.165) is 30.6 Å².